The molecule has 1 N–H and O–H groups in total. The largest absolute Gasteiger partial charge is 0.481 e. The highest BCUT2D eigenvalue weighted by molar-refractivity contribution is 6.49. The van der Waals surface area contributed by atoms with E-state index in [0.29, 0.717) is 32.6 Å². The summed E-state index contributed by atoms with van der Waals surface area (Å²) < 4.78 is 5.02. The van der Waals surface area contributed by atoms with Crippen molar-refractivity contribution in [3.8, 4) is 17.0 Å². The maximum absolute atomic E-state index is 9.43. The molecular weight excluding hydrogens is 309 g/mol. The molecule has 0 saturated carbocycles. The molecule has 0 radical (unpaired) electrons. The molecule has 0 saturated heterocycles. The normalized spacial score (nSPS) is 10.6. The number of halogens is 3. The van der Waals surface area contributed by atoms with E-state index in [1.54, 1.807) is 24.4 Å². The topological polar surface area (TPSA) is 42.4 Å². The van der Waals surface area contributed by atoms with Crippen molar-refractivity contribution in [3.05, 3.63) is 45.0 Å². The molecule has 1 aromatic carbocycles. The molecule has 3 nitrogen and oxygen atoms in total. The van der Waals surface area contributed by atoms with Gasteiger partial charge in [0.15, 0.2) is 0 Å². The number of aliphatic hydroxyl groups excluding tert-OH is 1. The number of methoxy groups -OCH3 is 1. The molecule has 1 aromatic heterocycles. The van der Waals surface area contributed by atoms with Gasteiger partial charge in [0, 0.05) is 23.4 Å². The van der Waals surface area contributed by atoms with Gasteiger partial charge >= 0.3 is 0 Å². The Morgan fingerprint density at radius 1 is 1.16 bits per heavy atom. The second-order valence-electron chi connectivity index (χ2n) is 3.76. The number of aromatic nitrogens is 1. The summed E-state index contributed by atoms with van der Waals surface area (Å²) in [4.78, 5) is 4.11. The van der Waals surface area contributed by atoms with Crippen molar-refractivity contribution >= 4 is 34.8 Å². The molecule has 0 aliphatic rings. The third-order valence-corrected chi connectivity index (χ3v) is 3.96. The van der Waals surface area contributed by atoms with Crippen LogP contribution in [-0.4, -0.2) is 17.2 Å². The molecule has 0 aliphatic carbocycles. The maximum atomic E-state index is 9.43. The Hall–Kier alpha value is -1.000. The number of nitrogens with zero attached hydrogens (tertiary/aromatic N) is 1. The van der Waals surface area contributed by atoms with E-state index in [1.165, 1.54) is 7.11 Å². The van der Waals surface area contributed by atoms with Crippen LogP contribution in [-0.2, 0) is 6.61 Å². The maximum Gasteiger partial charge on any atom is 0.213 e. The first-order valence-electron chi connectivity index (χ1n) is 5.36. The fourth-order valence-corrected chi connectivity index (χ4v) is 2.33. The molecule has 1 heterocycles. The molecule has 0 bridgehead atoms. The monoisotopic (exact) mass is 317 g/mol. The van der Waals surface area contributed by atoms with Gasteiger partial charge in [-0.25, -0.2) is 4.98 Å². The van der Waals surface area contributed by atoms with Crippen molar-refractivity contribution in [3.63, 3.8) is 0 Å². The number of benzene rings is 1. The van der Waals surface area contributed by atoms with Crippen LogP contribution in [0.3, 0.4) is 0 Å². The smallest absolute Gasteiger partial charge is 0.213 e. The van der Waals surface area contributed by atoms with Gasteiger partial charge in [-0.2, -0.15) is 0 Å². The SMILES string of the molecule is COc1cc(CO)c(-c2ccc(Cl)c(Cl)c2Cl)cn1. The van der Waals surface area contributed by atoms with Gasteiger partial charge in [0.1, 0.15) is 0 Å². The summed E-state index contributed by atoms with van der Waals surface area (Å²) in [5, 5.41) is 10.4. The third-order valence-electron chi connectivity index (χ3n) is 2.67. The van der Waals surface area contributed by atoms with Crippen molar-refractivity contribution in [1.82, 2.24) is 4.98 Å². The van der Waals surface area contributed by atoms with Crippen molar-refractivity contribution in [2.45, 2.75) is 6.61 Å². The van der Waals surface area contributed by atoms with Gasteiger partial charge in [0.25, 0.3) is 0 Å². The molecule has 0 aliphatic heterocycles. The van der Waals surface area contributed by atoms with E-state index in [-0.39, 0.29) is 11.6 Å². The number of ether oxygens (including phenoxy) is 1. The van der Waals surface area contributed by atoms with Crippen molar-refractivity contribution in [1.29, 1.82) is 0 Å². The number of aliphatic hydroxyl groups is 1. The highest BCUT2D eigenvalue weighted by Gasteiger charge is 2.14. The van der Waals surface area contributed by atoms with Gasteiger partial charge < -0.3 is 9.84 Å². The summed E-state index contributed by atoms with van der Waals surface area (Å²) in [7, 11) is 1.51. The minimum Gasteiger partial charge on any atom is -0.481 e. The zero-order valence-corrected chi connectivity index (χ0v) is 12.2. The molecule has 2 rings (SSSR count). The lowest BCUT2D eigenvalue weighted by Gasteiger charge is -2.12. The zero-order valence-electron chi connectivity index (χ0n) is 9.95. The number of hydrogen-bond acceptors (Lipinski definition) is 3. The Morgan fingerprint density at radius 2 is 1.89 bits per heavy atom. The van der Waals surface area contributed by atoms with Crippen LogP contribution in [0.1, 0.15) is 5.56 Å². The van der Waals surface area contributed by atoms with E-state index in [0.717, 1.165) is 0 Å². The minimum atomic E-state index is -0.162. The van der Waals surface area contributed by atoms with Crippen LogP contribution in [0, 0.1) is 0 Å². The Balaban J connectivity index is 2.62. The lowest BCUT2D eigenvalue weighted by Crippen LogP contribution is -1.95. The van der Waals surface area contributed by atoms with E-state index in [2.05, 4.69) is 4.98 Å². The van der Waals surface area contributed by atoms with Crippen LogP contribution < -0.4 is 4.74 Å². The van der Waals surface area contributed by atoms with Crippen LogP contribution in [0.5, 0.6) is 5.88 Å². The van der Waals surface area contributed by atoms with Crippen LogP contribution in [0.4, 0.5) is 0 Å². The molecule has 100 valence electrons. The first-order chi connectivity index (χ1) is 9.08. The molecule has 0 atom stereocenters. The molecule has 19 heavy (non-hydrogen) atoms. The highest BCUT2D eigenvalue weighted by Crippen LogP contribution is 2.39. The average molecular weight is 319 g/mol. The second kappa shape index (κ2) is 5.97. The summed E-state index contributed by atoms with van der Waals surface area (Å²) in [6.45, 7) is -0.162. The number of pyridine rings is 1. The fraction of sp³-hybridized carbons (Fsp3) is 0.154. The van der Waals surface area contributed by atoms with Crippen molar-refractivity contribution in [2.24, 2.45) is 0 Å². The Kier molecular flexibility index (Phi) is 4.53. The van der Waals surface area contributed by atoms with Gasteiger partial charge in [-0.1, -0.05) is 40.9 Å². The molecule has 2 aromatic rings. The second-order valence-corrected chi connectivity index (χ2v) is 4.93. The minimum absolute atomic E-state index is 0.162. The molecule has 0 unspecified atom stereocenters. The molecule has 0 amide bonds. The standard InChI is InChI=1S/C13H10Cl3NO2/c1-19-11-4-7(6-18)9(5-17-11)8-2-3-10(14)13(16)12(8)15/h2-5,18H,6H2,1H3. The van der Waals surface area contributed by atoms with Gasteiger partial charge in [-0.15, -0.1) is 0 Å². The average Bonchev–Trinajstić information content (AvgIpc) is 2.44. The van der Waals surface area contributed by atoms with Gasteiger partial charge in [0.05, 0.1) is 28.8 Å². The van der Waals surface area contributed by atoms with Gasteiger partial charge in [-0.3, -0.25) is 0 Å². The highest BCUT2D eigenvalue weighted by atomic mass is 35.5. The predicted molar refractivity (Wildman–Crippen MR) is 77.2 cm³/mol. The third kappa shape index (κ3) is 2.79. The number of rotatable bonds is 3. The molecular formula is C13H10Cl3NO2. The summed E-state index contributed by atoms with van der Waals surface area (Å²) >= 11 is 18.1. The summed E-state index contributed by atoms with van der Waals surface area (Å²) in [6.07, 6.45) is 1.58. The van der Waals surface area contributed by atoms with Crippen molar-refractivity contribution < 1.29 is 9.84 Å². The van der Waals surface area contributed by atoms with E-state index in [4.69, 9.17) is 39.5 Å². The molecule has 0 spiro atoms. The Labute approximate surface area is 125 Å². The number of hydrogen-bond donors (Lipinski definition) is 1. The Bertz CT molecular complexity index is 617. The van der Waals surface area contributed by atoms with Crippen LogP contribution in [0.25, 0.3) is 11.1 Å². The van der Waals surface area contributed by atoms with Gasteiger partial charge in [-0.05, 0) is 11.6 Å². The van der Waals surface area contributed by atoms with E-state index >= 15 is 0 Å². The zero-order chi connectivity index (χ0) is 14.0. The molecule has 6 heteroatoms. The predicted octanol–water partition coefficient (Wildman–Crippen LogP) is 4.21. The lowest BCUT2D eigenvalue weighted by molar-refractivity contribution is 0.281. The summed E-state index contributed by atoms with van der Waals surface area (Å²) in [6, 6.07) is 5.03. The Morgan fingerprint density at radius 3 is 2.53 bits per heavy atom. The fourth-order valence-electron chi connectivity index (χ4n) is 1.69. The van der Waals surface area contributed by atoms with E-state index < -0.39 is 0 Å². The summed E-state index contributed by atoms with van der Waals surface area (Å²) in [5.41, 5.74) is 1.99. The first kappa shape index (κ1) is 14.4. The summed E-state index contributed by atoms with van der Waals surface area (Å²) in [5.74, 6) is 0.420. The van der Waals surface area contributed by atoms with Gasteiger partial charge in [0.2, 0.25) is 5.88 Å². The van der Waals surface area contributed by atoms with Crippen LogP contribution in [0.2, 0.25) is 15.1 Å². The van der Waals surface area contributed by atoms with Crippen molar-refractivity contribution in [2.75, 3.05) is 7.11 Å². The first-order valence-corrected chi connectivity index (χ1v) is 6.49. The van der Waals surface area contributed by atoms with E-state index in [1.807, 2.05) is 0 Å². The van der Waals surface area contributed by atoms with E-state index in [9.17, 15) is 5.11 Å². The molecule has 0 fully saturated rings. The quantitative estimate of drug-likeness (QED) is 0.862. The van der Waals surface area contributed by atoms with Crippen LogP contribution >= 0.6 is 34.8 Å². The lowest BCUT2D eigenvalue weighted by atomic mass is 10.0. The van der Waals surface area contributed by atoms with Crippen LogP contribution in [0.15, 0.2) is 24.4 Å².